The average Bonchev–Trinajstić information content (AvgIpc) is 2.62. The van der Waals surface area contributed by atoms with E-state index in [0.29, 0.717) is 13.0 Å². The standard InChI is InChI=1S/C21H25NO2/c1-3-21(2,17-9-5-4-6-10-17)22-20(23)15-16-13-14-24-19-12-8-7-11-18(16)19/h4-12,16H,3,13-15H2,1-2H3,(H,22,23). The van der Waals surface area contributed by atoms with E-state index in [1.54, 1.807) is 0 Å². The first-order chi connectivity index (χ1) is 11.6. The SMILES string of the molecule is CCC(C)(NC(=O)CC1CCOc2ccccc21)c1ccccc1. The number of carbonyl (C=O) groups excluding carboxylic acids is 1. The van der Waals surface area contributed by atoms with E-state index in [-0.39, 0.29) is 17.4 Å². The number of rotatable bonds is 5. The zero-order valence-electron chi connectivity index (χ0n) is 14.4. The molecule has 0 aliphatic carbocycles. The Labute approximate surface area is 144 Å². The van der Waals surface area contributed by atoms with Crippen LogP contribution in [0.25, 0.3) is 0 Å². The van der Waals surface area contributed by atoms with E-state index >= 15 is 0 Å². The minimum atomic E-state index is -0.330. The lowest BCUT2D eigenvalue weighted by Gasteiger charge is -2.32. The molecular weight excluding hydrogens is 298 g/mol. The number of nitrogens with one attached hydrogen (secondary N) is 1. The first-order valence-corrected chi connectivity index (χ1v) is 8.70. The third-order valence-electron chi connectivity index (χ3n) is 5.05. The fraction of sp³-hybridized carbons (Fsp3) is 0.381. The minimum Gasteiger partial charge on any atom is -0.493 e. The van der Waals surface area contributed by atoms with E-state index in [9.17, 15) is 4.79 Å². The molecule has 2 atom stereocenters. The van der Waals surface area contributed by atoms with Gasteiger partial charge in [-0.2, -0.15) is 0 Å². The van der Waals surface area contributed by atoms with Gasteiger partial charge in [-0.05, 0) is 42.9 Å². The Morgan fingerprint density at radius 1 is 1.17 bits per heavy atom. The molecule has 1 aliphatic heterocycles. The molecule has 3 rings (SSSR count). The van der Waals surface area contributed by atoms with Gasteiger partial charge in [0, 0.05) is 6.42 Å². The number of fused-ring (bicyclic) bond motifs is 1. The number of hydrogen-bond donors (Lipinski definition) is 1. The van der Waals surface area contributed by atoms with Gasteiger partial charge in [0.2, 0.25) is 5.91 Å². The second-order valence-electron chi connectivity index (χ2n) is 6.68. The van der Waals surface area contributed by atoms with Crippen molar-refractivity contribution in [2.75, 3.05) is 6.61 Å². The van der Waals surface area contributed by atoms with E-state index < -0.39 is 0 Å². The van der Waals surface area contributed by atoms with Gasteiger partial charge in [0.25, 0.3) is 0 Å². The third-order valence-corrected chi connectivity index (χ3v) is 5.05. The van der Waals surface area contributed by atoms with Crippen LogP contribution in [0.2, 0.25) is 0 Å². The minimum absolute atomic E-state index is 0.102. The molecule has 0 saturated heterocycles. The summed E-state index contributed by atoms with van der Waals surface area (Å²) in [6.45, 7) is 4.88. The van der Waals surface area contributed by atoms with Crippen molar-refractivity contribution in [3.05, 3.63) is 65.7 Å². The fourth-order valence-electron chi connectivity index (χ4n) is 3.38. The third kappa shape index (κ3) is 3.45. The number of amides is 1. The highest BCUT2D eigenvalue weighted by atomic mass is 16.5. The Morgan fingerprint density at radius 3 is 2.62 bits per heavy atom. The summed E-state index contributed by atoms with van der Waals surface area (Å²) in [4.78, 5) is 12.7. The largest absolute Gasteiger partial charge is 0.493 e. The van der Waals surface area contributed by atoms with Crippen LogP contribution in [0.5, 0.6) is 5.75 Å². The van der Waals surface area contributed by atoms with Crippen LogP contribution in [0.15, 0.2) is 54.6 Å². The number of carbonyl (C=O) groups is 1. The van der Waals surface area contributed by atoms with Gasteiger partial charge in [0.05, 0.1) is 12.1 Å². The van der Waals surface area contributed by atoms with Crippen LogP contribution in [0.3, 0.4) is 0 Å². The molecular formula is C21H25NO2. The Bertz CT molecular complexity index is 698. The van der Waals surface area contributed by atoms with Crippen molar-refractivity contribution in [3.8, 4) is 5.75 Å². The second kappa shape index (κ2) is 7.08. The maximum Gasteiger partial charge on any atom is 0.221 e. The molecule has 0 spiro atoms. The zero-order valence-corrected chi connectivity index (χ0v) is 14.4. The summed E-state index contributed by atoms with van der Waals surface area (Å²) in [5.74, 6) is 1.25. The molecule has 0 fully saturated rings. The molecule has 24 heavy (non-hydrogen) atoms. The zero-order chi connectivity index (χ0) is 17.0. The van der Waals surface area contributed by atoms with Crippen molar-refractivity contribution in [2.45, 2.75) is 44.6 Å². The van der Waals surface area contributed by atoms with Crippen LogP contribution >= 0.6 is 0 Å². The van der Waals surface area contributed by atoms with Crippen LogP contribution in [-0.4, -0.2) is 12.5 Å². The van der Waals surface area contributed by atoms with Gasteiger partial charge in [-0.15, -0.1) is 0 Å². The van der Waals surface area contributed by atoms with E-state index in [4.69, 9.17) is 4.74 Å². The Hall–Kier alpha value is -2.29. The Balaban J connectivity index is 1.72. The van der Waals surface area contributed by atoms with E-state index in [1.165, 1.54) is 0 Å². The summed E-state index contributed by atoms with van der Waals surface area (Å²) in [5.41, 5.74) is 1.97. The number of hydrogen-bond acceptors (Lipinski definition) is 2. The summed E-state index contributed by atoms with van der Waals surface area (Å²) in [6, 6.07) is 18.2. The van der Waals surface area contributed by atoms with Gasteiger partial charge in [0.1, 0.15) is 5.75 Å². The summed E-state index contributed by atoms with van der Waals surface area (Å²) in [5, 5.41) is 3.26. The second-order valence-corrected chi connectivity index (χ2v) is 6.68. The normalized spacial score (nSPS) is 18.8. The van der Waals surface area contributed by atoms with Gasteiger partial charge < -0.3 is 10.1 Å². The predicted molar refractivity (Wildman–Crippen MR) is 96.1 cm³/mol. The molecule has 1 heterocycles. The molecule has 2 aromatic rings. The molecule has 0 bridgehead atoms. The first kappa shape index (κ1) is 16.6. The van der Waals surface area contributed by atoms with Gasteiger partial charge in [-0.1, -0.05) is 55.5 Å². The molecule has 2 unspecified atom stereocenters. The monoisotopic (exact) mass is 323 g/mol. The Morgan fingerprint density at radius 2 is 1.88 bits per heavy atom. The molecule has 1 amide bonds. The highest BCUT2D eigenvalue weighted by Crippen LogP contribution is 2.35. The van der Waals surface area contributed by atoms with Crippen molar-refractivity contribution in [2.24, 2.45) is 0 Å². The highest BCUT2D eigenvalue weighted by molar-refractivity contribution is 5.78. The van der Waals surface area contributed by atoms with Gasteiger partial charge >= 0.3 is 0 Å². The molecule has 126 valence electrons. The Kier molecular flexibility index (Phi) is 4.89. The molecule has 3 heteroatoms. The lowest BCUT2D eigenvalue weighted by Crippen LogP contribution is -2.43. The fourth-order valence-corrected chi connectivity index (χ4v) is 3.38. The van der Waals surface area contributed by atoms with Crippen molar-refractivity contribution >= 4 is 5.91 Å². The van der Waals surface area contributed by atoms with Crippen molar-refractivity contribution in [1.29, 1.82) is 0 Å². The van der Waals surface area contributed by atoms with Crippen molar-refractivity contribution < 1.29 is 9.53 Å². The maximum absolute atomic E-state index is 12.7. The molecule has 0 radical (unpaired) electrons. The smallest absolute Gasteiger partial charge is 0.221 e. The first-order valence-electron chi connectivity index (χ1n) is 8.70. The number of benzene rings is 2. The van der Waals surface area contributed by atoms with Crippen LogP contribution in [-0.2, 0) is 10.3 Å². The van der Waals surface area contributed by atoms with Crippen molar-refractivity contribution in [3.63, 3.8) is 0 Å². The van der Waals surface area contributed by atoms with Crippen LogP contribution in [0.4, 0.5) is 0 Å². The van der Waals surface area contributed by atoms with E-state index in [0.717, 1.165) is 29.7 Å². The predicted octanol–water partition coefficient (Wildman–Crippen LogP) is 4.38. The molecule has 3 nitrogen and oxygen atoms in total. The quantitative estimate of drug-likeness (QED) is 0.886. The lowest BCUT2D eigenvalue weighted by atomic mass is 9.87. The topological polar surface area (TPSA) is 38.3 Å². The van der Waals surface area contributed by atoms with E-state index in [1.807, 2.05) is 36.4 Å². The highest BCUT2D eigenvalue weighted by Gasteiger charge is 2.29. The van der Waals surface area contributed by atoms with Crippen LogP contribution < -0.4 is 10.1 Å². The van der Waals surface area contributed by atoms with Gasteiger partial charge in [0.15, 0.2) is 0 Å². The maximum atomic E-state index is 12.7. The lowest BCUT2D eigenvalue weighted by molar-refractivity contribution is -0.123. The molecule has 0 saturated carbocycles. The molecule has 1 aliphatic rings. The molecule has 1 N–H and O–H groups in total. The number of ether oxygens (including phenoxy) is 1. The van der Waals surface area contributed by atoms with Crippen LogP contribution in [0.1, 0.15) is 50.2 Å². The summed E-state index contributed by atoms with van der Waals surface area (Å²) < 4.78 is 5.69. The van der Waals surface area contributed by atoms with Crippen molar-refractivity contribution in [1.82, 2.24) is 5.32 Å². The van der Waals surface area contributed by atoms with Gasteiger partial charge in [-0.25, -0.2) is 0 Å². The summed E-state index contributed by atoms with van der Waals surface area (Å²) in [7, 11) is 0. The summed E-state index contributed by atoms with van der Waals surface area (Å²) >= 11 is 0. The average molecular weight is 323 g/mol. The number of para-hydroxylation sites is 1. The van der Waals surface area contributed by atoms with Gasteiger partial charge in [-0.3, -0.25) is 4.79 Å². The molecule has 0 aromatic heterocycles. The van der Waals surface area contributed by atoms with Crippen LogP contribution in [0, 0.1) is 0 Å². The molecule has 2 aromatic carbocycles. The summed E-state index contributed by atoms with van der Waals surface area (Å²) in [6.07, 6.45) is 2.24. The van der Waals surface area contributed by atoms with E-state index in [2.05, 4.69) is 37.4 Å².